The fraction of sp³-hybridized carbons (Fsp3) is 0.533. The molecule has 2 nitrogen and oxygen atoms in total. The number of hydrogen-bond acceptors (Lipinski definition) is 1. The summed E-state index contributed by atoms with van der Waals surface area (Å²) in [5.41, 5.74) is 4.28. The van der Waals surface area contributed by atoms with Crippen molar-refractivity contribution < 1.29 is 4.79 Å². The van der Waals surface area contributed by atoms with Crippen LogP contribution in [0.2, 0.25) is 0 Å². The quantitative estimate of drug-likeness (QED) is 0.774. The van der Waals surface area contributed by atoms with Gasteiger partial charge in [0.15, 0.2) is 0 Å². The van der Waals surface area contributed by atoms with E-state index in [9.17, 15) is 4.79 Å². The smallest absolute Gasteiger partial charge is 0.251 e. The van der Waals surface area contributed by atoms with E-state index in [1.54, 1.807) is 0 Å². The third kappa shape index (κ3) is 3.88. The standard InChI is InChI=1S/C15H23NO/c1-5-6-7-8-16-15(17)14-10-12(3)11(2)9-13(14)4/h9-10H,5-8H2,1-4H3,(H,16,17). The van der Waals surface area contributed by atoms with Crippen molar-refractivity contribution in [3.63, 3.8) is 0 Å². The van der Waals surface area contributed by atoms with Gasteiger partial charge in [-0.05, 0) is 49.9 Å². The molecule has 0 heterocycles. The van der Waals surface area contributed by atoms with Gasteiger partial charge >= 0.3 is 0 Å². The van der Waals surface area contributed by atoms with Gasteiger partial charge < -0.3 is 5.32 Å². The zero-order valence-corrected chi connectivity index (χ0v) is 11.4. The number of hydrogen-bond donors (Lipinski definition) is 1. The molecule has 0 aromatic heterocycles. The Labute approximate surface area is 104 Å². The average Bonchev–Trinajstić information content (AvgIpc) is 2.29. The highest BCUT2D eigenvalue weighted by atomic mass is 16.1. The van der Waals surface area contributed by atoms with Gasteiger partial charge in [-0.25, -0.2) is 0 Å². The van der Waals surface area contributed by atoms with Gasteiger partial charge in [-0.2, -0.15) is 0 Å². The second kappa shape index (κ2) is 6.43. The highest BCUT2D eigenvalue weighted by Crippen LogP contribution is 2.15. The summed E-state index contributed by atoms with van der Waals surface area (Å²) in [6.07, 6.45) is 3.41. The molecule has 0 spiro atoms. The maximum Gasteiger partial charge on any atom is 0.251 e. The zero-order valence-electron chi connectivity index (χ0n) is 11.4. The highest BCUT2D eigenvalue weighted by Gasteiger charge is 2.09. The predicted octanol–water partition coefficient (Wildman–Crippen LogP) is 3.53. The fourth-order valence-corrected chi connectivity index (χ4v) is 1.88. The lowest BCUT2D eigenvalue weighted by molar-refractivity contribution is 0.0952. The normalized spacial score (nSPS) is 10.4. The number of amides is 1. The third-order valence-corrected chi connectivity index (χ3v) is 3.15. The van der Waals surface area contributed by atoms with E-state index in [0.29, 0.717) is 0 Å². The van der Waals surface area contributed by atoms with Crippen molar-refractivity contribution >= 4 is 5.91 Å². The largest absolute Gasteiger partial charge is 0.352 e. The predicted molar refractivity (Wildman–Crippen MR) is 72.5 cm³/mol. The molecule has 17 heavy (non-hydrogen) atoms. The van der Waals surface area contributed by atoms with E-state index in [0.717, 1.165) is 24.1 Å². The van der Waals surface area contributed by atoms with Crippen LogP contribution in [0.4, 0.5) is 0 Å². The summed E-state index contributed by atoms with van der Waals surface area (Å²) >= 11 is 0. The van der Waals surface area contributed by atoms with E-state index in [1.807, 2.05) is 19.9 Å². The van der Waals surface area contributed by atoms with Crippen LogP contribution < -0.4 is 5.32 Å². The molecule has 0 aliphatic rings. The zero-order chi connectivity index (χ0) is 12.8. The summed E-state index contributed by atoms with van der Waals surface area (Å²) in [5, 5.41) is 2.98. The van der Waals surface area contributed by atoms with Crippen LogP contribution in [0, 0.1) is 20.8 Å². The van der Waals surface area contributed by atoms with E-state index >= 15 is 0 Å². The summed E-state index contributed by atoms with van der Waals surface area (Å²) in [7, 11) is 0. The Balaban J connectivity index is 2.66. The van der Waals surface area contributed by atoms with Crippen molar-refractivity contribution in [2.45, 2.75) is 47.0 Å². The molecule has 1 aromatic rings. The molecule has 1 aromatic carbocycles. The topological polar surface area (TPSA) is 29.1 Å². The fourth-order valence-electron chi connectivity index (χ4n) is 1.88. The third-order valence-electron chi connectivity index (χ3n) is 3.15. The van der Waals surface area contributed by atoms with Gasteiger partial charge in [0.1, 0.15) is 0 Å². The molecule has 94 valence electrons. The van der Waals surface area contributed by atoms with Crippen LogP contribution in [0.3, 0.4) is 0 Å². The molecule has 0 radical (unpaired) electrons. The molecule has 1 N–H and O–H groups in total. The Kier molecular flexibility index (Phi) is 5.20. The Hall–Kier alpha value is -1.31. The first-order valence-electron chi connectivity index (χ1n) is 6.42. The molecular formula is C15H23NO. The van der Waals surface area contributed by atoms with Gasteiger partial charge in [-0.1, -0.05) is 25.8 Å². The molecule has 0 saturated carbocycles. The van der Waals surface area contributed by atoms with Crippen LogP contribution in [0.25, 0.3) is 0 Å². The number of rotatable bonds is 5. The van der Waals surface area contributed by atoms with Crippen molar-refractivity contribution in [1.29, 1.82) is 0 Å². The summed E-state index contributed by atoms with van der Waals surface area (Å²) in [4.78, 5) is 12.0. The first-order valence-corrected chi connectivity index (χ1v) is 6.42. The van der Waals surface area contributed by atoms with E-state index in [2.05, 4.69) is 25.2 Å². The van der Waals surface area contributed by atoms with Gasteiger partial charge in [0.2, 0.25) is 0 Å². The van der Waals surface area contributed by atoms with Crippen molar-refractivity contribution in [3.05, 3.63) is 34.4 Å². The molecule has 0 aliphatic carbocycles. The maximum absolute atomic E-state index is 12.0. The van der Waals surface area contributed by atoms with Crippen LogP contribution in [0.5, 0.6) is 0 Å². The Morgan fingerprint density at radius 1 is 1.06 bits per heavy atom. The Morgan fingerprint density at radius 3 is 2.35 bits per heavy atom. The molecule has 1 amide bonds. The highest BCUT2D eigenvalue weighted by molar-refractivity contribution is 5.95. The van der Waals surface area contributed by atoms with Crippen LogP contribution in [-0.4, -0.2) is 12.5 Å². The van der Waals surface area contributed by atoms with Crippen LogP contribution in [-0.2, 0) is 0 Å². The number of carbonyl (C=O) groups excluding carboxylic acids is 1. The van der Waals surface area contributed by atoms with Gasteiger partial charge in [-0.15, -0.1) is 0 Å². The molecular weight excluding hydrogens is 210 g/mol. The molecule has 0 unspecified atom stereocenters. The minimum Gasteiger partial charge on any atom is -0.352 e. The van der Waals surface area contributed by atoms with Gasteiger partial charge in [-0.3, -0.25) is 4.79 Å². The van der Waals surface area contributed by atoms with E-state index in [4.69, 9.17) is 0 Å². The van der Waals surface area contributed by atoms with Crippen LogP contribution in [0.15, 0.2) is 12.1 Å². The minimum atomic E-state index is 0.0571. The van der Waals surface area contributed by atoms with Crippen molar-refractivity contribution in [3.8, 4) is 0 Å². The monoisotopic (exact) mass is 233 g/mol. The first kappa shape index (κ1) is 13.8. The SMILES string of the molecule is CCCCCNC(=O)c1cc(C)c(C)cc1C. The summed E-state index contributed by atoms with van der Waals surface area (Å²) < 4.78 is 0. The maximum atomic E-state index is 12.0. The summed E-state index contributed by atoms with van der Waals surface area (Å²) in [5.74, 6) is 0.0571. The average molecular weight is 233 g/mol. The second-order valence-electron chi connectivity index (χ2n) is 4.71. The van der Waals surface area contributed by atoms with Gasteiger partial charge in [0.25, 0.3) is 5.91 Å². The first-order chi connectivity index (χ1) is 8.06. The number of unbranched alkanes of at least 4 members (excludes halogenated alkanes) is 2. The molecule has 0 aliphatic heterocycles. The summed E-state index contributed by atoms with van der Waals surface area (Å²) in [6, 6.07) is 4.07. The Bertz CT molecular complexity index is 396. The van der Waals surface area contributed by atoms with Gasteiger partial charge in [0, 0.05) is 12.1 Å². The molecule has 0 saturated heterocycles. The number of nitrogens with one attached hydrogen (secondary N) is 1. The molecule has 0 fully saturated rings. The molecule has 2 heteroatoms. The lowest BCUT2D eigenvalue weighted by Gasteiger charge is -2.10. The molecule has 1 rings (SSSR count). The van der Waals surface area contributed by atoms with Crippen LogP contribution in [0.1, 0.15) is 53.2 Å². The van der Waals surface area contributed by atoms with Crippen molar-refractivity contribution in [2.75, 3.05) is 6.54 Å². The van der Waals surface area contributed by atoms with E-state index in [-0.39, 0.29) is 5.91 Å². The van der Waals surface area contributed by atoms with Gasteiger partial charge in [0.05, 0.1) is 0 Å². The minimum absolute atomic E-state index is 0.0571. The number of aryl methyl sites for hydroxylation is 3. The summed E-state index contributed by atoms with van der Waals surface area (Å²) in [6.45, 7) is 9.05. The second-order valence-corrected chi connectivity index (χ2v) is 4.71. The van der Waals surface area contributed by atoms with E-state index in [1.165, 1.54) is 24.0 Å². The number of benzene rings is 1. The van der Waals surface area contributed by atoms with E-state index < -0.39 is 0 Å². The Morgan fingerprint density at radius 2 is 1.71 bits per heavy atom. The van der Waals surface area contributed by atoms with Crippen LogP contribution >= 0.6 is 0 Å². The molecule has 0 bridgehead atoms. The van der Waals surface area contributed by atoms with Crippen molar-refractivity contribution in [1.82, 2.24) is 5.32 Å². The lowest BCUT2D eigenvalue weighted by Crippen LogP contribution is -2.25. The molecule has 0 atom stereocenters. The van der Waals surface area contributed by atoms with Crippen molar-refractivity contribution in [2.24, 2.45) is 0 Å². The lowest BCUT2D eigenvalue weighted by atomic mass is 10.0. The number of carbonyl (C=O) groups is 1.